The van der Waals surface area contributed by atoms with Gasteiger partial charge in [0.2, 0.25) is 0 Å². The Morgan fingerprint density at radius 3 is 2.65 bits per heavy atom. The van der Waals surface area contributed by atoms with Gasteiger partial charge in [-0.2, -0.15) is 5.10 Å². The van der Waals surface area contributed by atoms with E-state index in [9.17, 15) is 0 Å². The first-order valence-electron chi connectivity index (χ1n) is 7.59. The molecule has 2 aromatic rings. The molecule has 0 aliphatic heterocycles. The number of benzene rings is 1. The van der Waals surface area contributed by atoms with Crippen molar-refractivity contribution in [1.82, 2.24) is 15.1 Å². The van der Waals surface area contributed by atoms with Crippen molar-refractivity contribution in [2.75, 3.05) is 6.54 Å². The lowest BCUT2D eigenvalue weighted by atomic mass is 10.1. The van der Waals surface area contributed by atoms with Crippen molar-refractivity contribution in [2.45, 2.75) is 45.6 Å². The fourth-order valence-electron chi connectivity index (χ4n) is 2.72. The fraction of sp³-hybridized carbons (Fsp3) is 0.471. The van der Waals surface area contributed by atoms with E-state index in [-0.39, 0.29) is 0 Å². The van der Waals surface area contributed by atoms with E-state index in [4.69, 9.17) is 5.10 Å². The first-order chi connectivity index (χ1) is 9.75. The lowest BCUT2D eigenvalue weighted by molar-refractivity contribution is 0.644. The molecule has 1 fully saturated rings. The Balaban J connectivity index is 1.69. The van der Waals surface area contributed by atoms with Gasteiger partial charge in [0.1, 0.15) is 0 Å². The van der Waals surface area contributed by atoms with Crippen LogP contribution < -0.4 is 5.32 Å². The topological polar surface area (TPSA) is 29.9 Å². The molecule has 0 saturated heterocycles. The molecule has 3 heteroatoms. The molecule has 0 radical (unpaired) electrons. The van der Waals surface area contributed by atoms with Gasteiger partial charge in [-0.15, -0.1) is 0 Å². The Morgan fingerprint density at radius 2 is 1.95 bits per heavy atom. The highest BCUT2D eigenvalue weighted by atomic mass is 15.3. The molecule has 1 N–H and O–H groups in total. The summed E-state index contributed by atoms with van der Waals surface area (Å²) in [7, 11) is 0. The van der Waals surface area contributed by atoms with E-state index >= 15 is 0 Å². The molecule has 1 saturated carbocycles. The SMILES string of the molecule is Cc1nn(-c2ccccc2)c(C)c1CCCNC1CC1. The molecule has 1 aliphatic rings. The normalized spacial score (nSPS) is 14.7. The Bertz CT molecular complexity index is 567. The molecule has 1 aliphatic carbocycles. The molecule has 0 amide bonds. The molecule has 106 valence electrons. The Labute approximate surface area is 121 Å². The second-order valence-electron chi connectivity index (χ2n) is 5.73. The van der Waals surface area contributed by atoms with Crippen LogP contribution in [0, 0.1) is 13.8 Å². The van der Waals surface area contributed by atoms with Gasteiger partial charge >= 0.3 is 0 Å². The summed E-state index contributed by atoms with van der Waals surface area (Å²) in [5.41, 5.74) is 5.00. The highest BCUT2D eigenvalue weighted by Crippen LogP contribution is 2.20. The average molecular weight is 269 g/mol. The quantitative estimate of drug-likeness (QED) is 0.816. The predicted octanol–water partition coefficient (Wildman–Crippen LogP) is 3.17. The summed E-state index contributed by atoms with van der Waals surface area (Å²) in [6, 6.07) is 11.2. The van der Waals surface area contributed by atoms with Crippen molar-refractivity contribution in [3.63, 3.8) is 0 Å². The van der Waals surface area contributed by atoms with Crippen molar-refractivity contribution in [2.24, 2.45) is 0 Å². The van der Waals surface area contributed by atoms with E-state index < -0.39 is 0 Å². The van der Waals surface area contributed by atoms with E-state index in [0.717, 1.165) is 30.4 Å². The minimum atomic E-state index is 0.809. The van der Waals surface area contributed by atoms with Crippen LogP contribution in [0.5, 0.6) is 0 Å². The zero-order valence-electron chi connectivity index (χ0n) is 12.4. The van der Waals surface area contributed by atoms with Crippen LogP contribution in [0.3, 0.4) is 0 Å². The van der Waals surface area contributed by atoms with Crippen LogP contribution in [0.25, 0.3) is 5.69 Å². The van der Waals surface area contributed by atoms with Crippen molar-refractivity contribution in [1.29, 1.82) is 0 Å². The van der Waals surface area contributed by atoms with Gasteiger partial charge in [0.05, 0.1) is 11.4 Å². The first-order valence-corrected chi connectivity index (χ1v) is 7.59. The maximum absolute atomic E-state index is 4.70. The second-order valence-corrected chi connectivity index (χ2v) is 5.73. The molecule has 1 aromatic heterocycles. The molecule has 0 spiro atoms. The minimum absolute atomic E-state index is 0.809. The molecular formula is C17H23N3. The number of nitrogens with one attached hydrogen (secondary N) is 1. The van der Waals surface area contributed by atoms with E-state index in [1.54, 1.807) is 0 Å². The number of nitrogens with zero attached hydrogens (tertiary/aromatic N) is 2. The maximum Gasteiger partial charge on any atom is 0.0648 e. The molecule has 3 rings (SSSR count). The van der Waals surface area contributed by atoms with Gasteiger partial charge in [0, 0.05) is 11.7 Å². The van der Waals surface area contributed by atoms with Crippen molar-refractivity contribution in [3.8, 4) is 5.69 Å². The van der Waals surface area contributed by atoms with Gasteiger partial charge in [-0.25, -0.2) is 4.68 Å². The van der Waals surface area contributed by atoms with E-state index in [0.29, 0.717) is 0 Å². The highest BCUT2D eigenvalue weighted by Gasteiger charge is 2.19. The van der Waals surface area contributed by atoms with Gasteiger partial charge in [-0.05, 0) is 63.8 Å². The van der Waals surface area contributed by atoms with Crippen LogP contribution in [-0.2, 0) is 6.42 Å². The van der Waals surface area contributed by atoms with Crippen molar-refractivity contribution >= 4 is 0 Å². The van der Waals surface area contributed by atoms with Crippen molar-refractivity contribution in [3.05, 3.63) is 47.3 Å². The molecular weight excluding hydrogens is 246 g/mol. The number of aryl methyl sites for hydroxylation is 1. The minimum Gasteiger partial charge on any atom is -0.314 e. The molecule has 3 nitrogen and oxygen atoms in total. The molecule has 0 bridgehead atoms. The highest BCUT2D eigenvalue weighted by molar-refractivity contribution is 5.36. The molecule has 1 heterocycles. The van der Waals surface area contributed by atoms with Crippen molar-refractivity contribution < 1.29 is 0 Å². The van der Waals surface area contributed by atoms with Crippen LogP contribution in [0.4, 0.5) is 0 Å². The molecule has 0 atom stereocenters. The second kappa shape index (κ2) is 5.80. The lowest BCUT2D eigenvalue weighted by Gasteiger charge is -2.06. The monoisotopic (exact) mass is 269 g/mol. The maximum atomic E-state index is 4.70. The average Bonchev–Trinajstić information content (AvgIpc) is 3.24. The fourth-order valence-corrected chi connectivity index (χ4v) is 2.72. The third kappa shape index (κ3) is 2.93. The Kier molecular flexibility index (Phi) is 3.88. The summed E-state index contributed by atoms with van der Waals surface area (Å²) >= 11 is 0. The van der Waals surface area contributed by atoms with Crippen LogP contribution in [0.1, 0.15) is 36.2 Å². The van der Waals surface area contributed by atoms with Gasteiger partial charge in [-0.3, -0.25) is 0 Å². The summed E-state index contributed by atoms with van der Waals surface area (Å²) in [6.45, 7) is 5.42. The van der Waals surface area contributed by atoms with Gasteiger partial charge in [-0.1, -0.05) is 18.2 Å². The summed E-state index contributed by atoms with van der Waals surface area (Å²) in [6.07, 6.45) is 5.04. The van der Waals surface area contributed by atoms with Gasteiger partial charge < -0.3 is 5.32 Å². The predicted molar refractivity (Wildman–Crippen MR) is 82.4 cm³/mol. The van der Waals surface area contributed by atoms with Crippen LogP contribution in [0.2, 0.25) is 0 Å². The first kappa shape index (κ1) is 13.4. The third-order valence-corrected chi connectivity index (χ3v) is 4.06. The largest absolute Gasteiger partial charge is 0.314 e. The van der Waals surface area contributed by atoms with E-state index in [2.05, 4.69) is 48.1 Å². The zero-order valence-corrected chi connectivity index (χ0v) is 12.4. The third-order valence-electron chi connectivity index (χ3n) is 4.06. The van der Waals surface area contributed by atoms with Crippen LogP contribution >= 0.6 is 0 Å². The van der Waals surface area contributed by atoms with Gasteiger partial charge in [0.15, 0.2) is 0 Å². The van der Waals surface area contributed by atoms with E-state index in [1.807, 2.05) is 6.07 Å². The van der Waals surface area contributed by atoms with E-state index in [1.165, 1.54) is 30.5 Å². The Morgan fingerprint density at radius 1 is 1.20 bits per heavy atom. The van der Waals surface area contributed by atoms with Gasteiger partial charge in [0.25, 0.3) is 0 Å². The zero-order chi connectivity index (χ0) is 13.9. The van der Waals surface area contributed by atoms with Crippen LogP contribution in [0.15, 0.2) is 30.3 Å². The number of rotatable bonds is 6. The standard InChI is InChI=1S/C17H23N3/c1-13-17(9-6-12-18-15-10-11-15)14(2)20(19-13)16-7-4-3-5-8-16/h3-5,7-8,15,18H,6,9-12H2,1-2H3. The smallest absolute Gasteiger partial charge is 0.0648 e. The summed E-state index contributed by atoms with van der Waals surface area (Å²) in [5, 5.41) is 8.28. The summed E-state index contributed by atoms with van der Waals surface area (Å²) in [5.74, 6) is 0. The number of aromatic nitrogens is 2. The number of para-hydroxylation sites is 1. The summed E-state index contributed by atoms with van der Waals surface area (Å²) in [4.78, 5) is 0. The molecule has 0 unspecified atom stereocenters. The number of hydrogen-bond donors (Lipinski definition) is 1. The lowest BCUT2D eigenvalue weighted by Crippen LogP contribution is -2.18. The van der Waals surface area contributed by atoms with Crippen LogP contribution in [-0.4, -0.2) is 22.4 Å². The molecule has 1 aromatic carbocycles. The summed E-state index contributed by atoms with van der Waals surface area (Å²) < 4.78 is 2.07. The molecule has 20 heavy (non-hydrogen) atoms. The number of hydrogen-bond acceptors (Lipinski definition) is 2. The Hall–Kier alpha value is -1.61.